The van der Waals surface area contributed by atoms with Gasteiger partial charge in [-0.3, -0.25) is 9.78 Å². The standard InChI is InChI=1S/C8H10FN3O/c1-6(4-9)12-8(13)7-5-10-2-3-11-7/h2-3,5-6H,4H2,1H3,(H,12,13). The summed E-state index contributed by atoms with van der Waals surface area (Å²) in [5.74, 6) is -0.404. The Morgan fingerprint density at radius 3 is 3.00 bits per heavy atom. The minimum atomic E-state index is -0.591. The molecular formula is C8H10FN3O. The molecule has 0 spiro atoms. The third kappa shape index (κ3) is 2.77. The molecule has 0 radical (unpaired) electrons. The first kappa shape index (κ1) is 9.57. The molecule has 0 fully saturated rings. The molecule has 1 rings (SSSR count). The van der Waals surface area contributed by atoms with Crippen LogP contribution >= 0.6 is 0 Å². The first-order valence-electron chi connectivity index (χ1n) is 3.87. The van der Waals surface area contributed by atoms with E-state index in [1.165, 1.54) is 18.6 Å². The number of carbonyl (C=O) groups excluding carboxylic acids is 1. The summed E-state index contributed by atoms with van der Waals surface area (Å²) >= 11 is 0. The summed E-state index contributed by atoms with van der Waals surface area (Å²) in [6.07, 6.45) is 4.21. The average Bonchev–Trinajstić information content (AvgIpc) is 2.19. The normalized spacial score (nSPS) is 12.2. The van der Waals surface area contributed by atoms with Gasteiger partial charge in [-0.1, -0.05) is 0 Å². The maximum atomic E-state index is 12.0. The monoisotopic (exact) mass is 183 g/mol. The highest BCUT2D eigenvalue weighted by Gasteiger charge is 2.09. The van der Waals surface area contributed by atoms with Crippen LogP contribution in [0.3, 0.4) is 0 Å². The van der Waals surface area contributed by atoms with E-state index in [2.05, 4.69) is 15.3 Å². The molecule has 0 saturated heterocycles. The summed E-state index contributed by atoms with van der Waals surface area (Å²) in [6, 6.07) is -0.491. The minimum absolute atomic E-state index is 0.197. The Labute approximate surface area is 75.2 Å². The van der Waals surface area contributed by atoms with Crippen molar-refractivity contribution in [3.05, 3.63) is 24.3 Å². The lowest BCUT2D eigenvalue weighted by atomic mass is 10.3. The molecule has 1 aromatic heterocycles. The van der Waals surface area contributed by atoms with Crippen molar-refractivity contribution in [3.8, 4) is 0 Å². The fourth-order valence-electron chi connectivity index (χ4n) is 0.753. The van der Waals surface area contributed by atoms with Gasteiger partial charge in [0.25, 0.3) is 5.91 Å². The number of aromatic nitrogens is 2. The van der Waals surface area contributed by atoms with E-state index >= 15 is 0 Å². The zero-order valence-corrected chi connectivity index (χ0v) is 7.20. The predicted octanol–water partition coefficient (Wildman–Crippen LogP) is 0.564. The van der Waals surface area contributed by atoms with Crippen molar-refractivity contribution in [2.75, 3.05) is 6.67 Å². The van der Waals surface area contributed by atoms with E-state index in [-0.39, 0.29) is 5.69 Å². The second-order valence-corrected chi connectivity index (χ2v) is 2.62. The lowest BCUT2D eigenvalue weighted by Gasteiger charge is -2.08. The number of rotatable bonds is 3. The third-order valence-electron chi connectivity index (χ3n) is 1.40. The van der Waals surface area contributed by atoms with Crippen molar-refractivity contribution in [2.45, 2.75) is 13.0 Å². The van der Waals surface area contributed by atoms with Gasteiger partial charge in [-0.25, -0.2) is 9.37 Å². The minimum Gasteiger partial charge on any atom is -0.346 e. The summed E-state index contributed by atoms with van der Waals surface area (Å²) in [4.78, 5) is 18.7. The van der Waals surface area contributed by atoms with Crippen LogP contribution in [0.15, 0.2) is 18.6 Å². The molecule has 0 aliphatic heterocycles. The molecule has 13 heavy (non-hydrogen) atoms. The number of hydrogen-bond donors (Lipinski definition) is 1. The molecule has 0 aliphatic rings. The van der Waals surface area contributed by atoms with Crippen LogP contribution in [0.2, 0.25) is 0 Å². The molecule has 0 bridgehead atoms. The maximum Gasteiger partial charge on any atom is 0.271 e. The van der Waals surface area contributed by atoms with Crippen LogP contribution in [0.25, 0.3) is 0 Å². The quantitative estimate of drug-likeness (QED) is 0.745. The van der Waals surface area contributed by atoms with E-state index in [1.54, 1.807) is 6.92 Å². The molecule has 70 valence electrons. The van der Waals surface area contributed by atoms with E-state index in [4.69, 9.17) is 0 Å². The number of nitrogens with zero attached hydrogens (tertiary/aromatic N) is 2. The van der Waals surface area contributed by atoms with E-state index in [9.17, 15) is 9.18 Å². The van der Waals surface area contributed by atoms with Crippen LogP contribution < -0.4 is 5.32 Å². The highest BCUT2D eigenvalue weighted by atomic mass is 19.1. The molecular weight excluding hydrogens is 173 g/mol. The summed E-state index contributed by atoms with van der Waals surface area (Å²) < 4.78 is 12.0. The topological polar surface area (TPSA) is 54.9 Å². The van der Waals surface area contributed by atoms with E-state index in [1.807, 2.05) is 0 Å². The first-order chi connectivity index (χ1) is 6.24. The Hall–Kier alpha value is -1.52. The molecule has 1 heterocycles. The van der Waals surface area contributed by atoms with Gasteiger partial charge in [0.05, 0.1) is 12.2 Å². The van der Waals surface area contributed by atoms with Crippen molar-refractivity contribution in [1.82, 2.24) is 15.3 Å². The molecule has 1 amide bonds. The number of alkyl halides is 1. The first-order valence-corrected chi connectivity index (χ1v) is 3.87. The van der Waals surface area contributed by atoms with Crippen LogP contribution in [-0.2, 0) is 0 Å². The molecule has 1 unspecified atom stereocenters. The Balaban J connectivity index is 2.59. The van der Waals surface area contributed by atoms with Gasteiger partial charge in [-0.2, -0.15) is 0 Å². The second-order valence-electron chi connectivity index (χ2n) is 2.62. The van der Waals surface area contributed by atoms with Gasteiger partial charge in [0, 0.05) is 12.4 Å². The predicted molar refractivity (Wildman–Crippen MR) is 44.9 cm³/mol. The Morgan fingerprint density at radius 2 is 2.46 bits per heavy atom. The number of carbonyl (C=O) groups is 1. The van der Waals surface area contributed by atoms with Crippen molar-refractivity contribution >= 4 is 5.91 Å². The van der Waals surface area contributed by atoms with Crippen molar-refractivity contribution < 1.29 is 9.18 Å². The fourth-order valence-corrected chi connectivity index (χ4v) is 0.753. The lowest BCUT2D eigenvalue weighted by Crippen LogP contribution is -2.34. The zero-order chi connectivity index (χ0) is 9.68. The molecule has 0 saturated carbocycles. The highest BCUT2D eigenvalue weighted by Crippen LogP contribution is 1.91. The van der Waals surface area contributed by atoms with Gasteiger partial charge in [-0.05, 0) is 6.92 Å². The van der Waals surface area contributed by atoms with Crippen LogP contribution in [0.1, 0.15) is 17.4 Å². The number of amides is 1. The van der Waals surface area contributed by atoms with Gasteiger partial charge >= 0.3 is 0 Å². The fraction of sp³-hybridized carbons (Fsp3) is 0.375. The van der Waals surface area contributed by atoms with Gasteiger partial charge < -0.3 is 5.32 Å². The van der Waals surface area contributed by atoms with Crippen molar-refractivity contribution in [1.29, 1.82) is 0 Å². The van der Waals surface area contributed by atoms with Crippen LogP contribution in [-0.4, -0.2) is 28.6 Å². The number of halogens is 1. The molecule has 5 heteroatoms. The SMILES string of the molecule is CC(CF)NC(=O)c1cnccn1. The van der Waals surface area contributed by atoms with Crippen LogP contribution in [0.4, 0.5) is 4.39 Å². The van der Waals surface area contributed by atoms with E-state index in [0.717, 1.165) is 0 Å². The highest BCUT2D eigenvalue weighted by molar-refractivity contribution is 5.92. The smallest absolute Gasteiger partial charge is 0.271 e. The molecule has 1 atom stereocenters. The Kier molecular flexibility index (Phi) is 3.31. The third-order valence-corrected chi connectivity index (χ3v) is 1.40. The van der Waals surface area contributed by atoms with Crippen molar-refractivity contribution in [3.63, 3.8) is 0 Å². The van der Waals surface area contributed by atoms with Gasteiger partial charge in [0.1, 0.15) is 12.4 Å². The summed E-state index contributed by atoms with van der Waals surface area (Å²) in [6.45, 7) is 0.986. The molecule has 4 nitrogen and oxygen atoms in total. The van der Waals surface area contributed by atoms with Gasteiger partial charge in [0.15, 0.2) is 0 Å². The van der Waals surface area contributed by atoms with Gasteiger partial charge in [0.2, 0.25) is 0 Å². The Morgan fingerprint density at radius 1 is 1.69 bits per heavy atom. The van der Waals surface area contributed by atoms with E-state index in [0.29, 0.717) is 0 Å². The maximum absolute atomic E-state index is 12.0. The van der Waals surface area contributed by atoms with Crippen LogP contribution in [0.5, 0.6) is 0 Å². The number of hydrogen-bond acceptors (Lipinski definition) is 3. The summed E-state index contributed by atoms with van der Waals surface area (Å²) in [5, 5.41) is 2.43. The van der Waals surface area contributed by atoms with E-state index < -0.39 is 18.6 Å². The summed E-state index contributed by atoms with van der Waals surface area (Å²) in [5.41, 5.74) is 0.197. The van der Waals surface area contributed by atoms with Crippen LogP contribution in [0, 0.1) is 0 Å². The summed E-state index contributed by atoms with van der Waals surface area (Å²) in [7, 11) is 0. The Bertz CT molecular complexity index is 278. The molecule has 0 aliphatic carbocycles. The van der Waals surface area contributed by atoms with Crippen molar-refractivity contribution in [2.24, 2.45) is 0 Å². The lowest BCUT2D eigenvalue weighted by molar-refractivity contribution is 0.0928. The molecule has 1 aromatic rings. The second kappa shape index (κ2) is 4.49. The molecule has 1 N–H and O–H groups in total. The molecule has 0 aromatic carbocycles. The largest absolute Gasteiger partial charge is 0.346 e. The van der Waals surface area contributed by atoms with Gasteiger partial charge in [-0.15, -0.1) is 0 Å². The average molecular weight is 183 g/mol. The number of nitrogens with one attached hydrogen (secondary N) is 1. The zero-order valence-electron chi connectivity index (χ0n) is 7.20.